The summed E-state index contributed by atoms with van der Waals surface area (Å²) in [7, 11) is 0. The maximum Gasteiger partial charge on any atom is 0.0132 e. The summed E-state index contributed by atoms with van der Waals surface area (Å²) < 4.78 is 0. The first kappa shape index (κ1) is 13.9. The summed E-state index contributed by atoms with van der Waals surface area (Å²) in [5.41, 5.74) is 6.28. The van der Waals surface area contributed by atoms with E-state index in [1.54, 1.807) is 0 Å². The van der Waals surface area contributed by atoms with Crippen LogP contribution < -0.4 is 5.73 Å². The van der Waals surface area contributed by atoms with Gasteiger partial charge in [0, 0.05) is 24.2 Å². The summed E-state index contributed by atoms with van der Waals surface area (Å²) >= 11 is 0. The van der Waals surface area contributed by atoms with Crippen LogP contribution in [-0.4, -0.2) is 29.1 Å². The molecule has 3 aliphatic rings. The fourth-order valence-corrected chi connectivity index (χ4v) is 5.29. The lowest BCUT2D eigenvalue weighted by Gasteiger charge is -2.55. The molecule has 2 N–H and O–H groups in total. The lowest BCUT2D eigenvalue weighted by Crippen LogP contribution is -2.61. The Morgan fingerprint density at radius 2 is 1.53 bits per heavy atom. The van der Waals surface area contributed by atoms with Crippen molar-refractivity contribution in [2.45, 2.75) is 95.8 Å². The van der Waals surface area contributed by atoms with Gasteiger partial charge in [-0.3, -0.25) is 4.90 Å². The fourth-order valence-electron chi connectivity index (χ4n) is 5.29. The maximum atomic E-state index is 6.28. The van der Waals surface area contributed by atoms with Gasteiger partial charge in [-0.2, -0.15) is 0 Å². The Morgan fingerprint density at radius 3 is 2.16 bits per heavy atom. The average Bonchev–Trinajstić information content (AvgIpc) is 2.37. The smallest absolute Gasteiger partial charge is 0.0132 e. The van der Waals surface area contributed by atoms with Crippen LogP contribution in [0.25, 0.3) is 0 Å². The zero-order valence-corrected chi connectivity index (χ0v) is 12.9. The Morgan fingerprint density at radius 1 is 0.895 bits per heavy atom. The van der Waals surface area contributed by atoms with Gasteiger partial charge < -0.3 is 5.73 Å². The van der Waals surface area contributed by atoms with Crippen LogP contribution in [0.1, 0.15) is 71.6 Å². The molecule has 19 heavy (non-hydrogen) atoms. The molecule has 2 heteroatoms. The molecule has 2 bridgehead atoms. The standard InChI is InChI=1S/C17H32N2/c1-12(2)16-8-3-4-9-17(16)19-14-6-5-7-15(19)11-13(18)10-14/h12-17H,3-11,18H2,1-2H3. The summed E-state index contributed by atoms with van der Waals surface area (Å²) in [5.74, 6) is 1.79. The zero-order valence-electron chi connectivity index (χ0n) is 12.9. The second-order valence-electron chi connectivity index (χ2n) is 7.68. The first-order chi connectivity index (χ1) is 9.16. The van der Waals surface area contributed by atoms with E-state index >= 15 is 0 Å². The molecule has 1 aliphatic carbocycles. The average molecular weight is 264 g/mol. The van der Waals surface area contributed by atoms with E-state index in [1.807, 2.05) is 0 Å². The molecular weight excluding hydrogens is 232 g/mol. The molecule has 110 valence electrons. The summed E-state index contributed by atoms with van der Waals surface area (Å²) in [6.45, 7) is 4.88. The third kappa shape index (κ3) is 2.71. The molecule has 2 saturated heterocycles. The van der Waals surface area contributed by atoms with Gasteiger partial charge in [-0.25, -0.2) is 0 Å². The molecule has 2 heterocycles. The van der Waals surface area contributed by atoms with Crippen molar-refractivity contribution in [3.05, 3.63) is 0 Å². The summed E-state index contributed by atoms with van der Waals surface area (Å²) in [6, 6.07) is 2.97. The van der Waals surface area contributed by atoms with Gasteiger partial charge in [0.05, 0.1) is 0 Å². The number of rotatable bonds is 2. The highest BCUT2D eigenvalue weighted by Crippen LogP contribution is 2.42. The molecule has 0 amide bonds. The quantitative estimate of drug-likeness (QED) is 0.826. The van der Waals surface area contributed by atoms with Gasteiger partial charge in [-0.05, 0) is 50.4 Å². The molecule has 0 aromatic rings. The van der Waals surface area contributed by atoms with Gasteiger partial charge in [-0.15, -0.1) is 0 Å². The van der Waals surface area contributed by atoms with Crippen molar-refractivity contribution in [2.75, 3.05) is 0 Å². The van der Waals surface area contributed by atoms with E-state index in [-0.39, 0.29) is 0 Å². The van der Waals surface area contributed by atoms with Crippen LogP contribution in [0.4, 0.5) is 0 Å². The van der Waals surface area contributed by atoms with E-state index < -0.39 is 0 Å². The lowest BCUT2D eigenvalue weighted by atomic mass is 9.72. The molecule has 2 nitrogen and oxygen atoms in total. The molecule has 1 saturated carbocycles. The number of piperidine rings is 2. The Labute approximate surface area is 119 Å². The molecule has 2 aliphatic heterocycles. The van der Waals surface area contributed by atoms with Gasteiger partial charge in [0.15, 0.2) is 0 Å². The van der Waals surface area contributed by atoms with E-state index in [1.165, 1.54) is 57.8 Å². The second kappa shape index (κ2) is 5.73. The molecule has 0 aromatic heterocycles. The molecule has 4 unspecified atom stereocenters. The Kier molecular flexibility index (Phi) is 4.19. The topological polar surface area (TPSA) is 29.3 Å². The highest BCUT2D eigenvalue weighted by atomic mass is 15.2. The largest absolute Gasteiger partial charge is 0.328 e. The van der Waals surface area contributed by atoms with Crippen molar-refractivity contribution in [3.8, 4) is 0 Å². The first-order valence-electron chi connectivity index (χ1n) is 8.70. The Balaban J connectivity index is 1.79. The highest BCUT2D eigenvalue weighted by Gasteiger charge is 2.43. The predicted molar refractivity (Wildman–Crippen MR) is 81.1 cm³/mol. The number of fused-ring (bicyclic) bond motifs is 2. The van der Waals surface area contributed by atoms with Gasteiger partial charge in [0.2, 0.25) is 0 Å². The molecule has 3 rings (SSSR count). The molecule has 0 aromatic carbocycles. The SMILES string of the molecule is CC(C)C1CCCCC1N1C2CCCC1CC(N)C2. The van der Waals surface area contributed by atoms with E-state index in [4.69, 9.17) is 5.73 Å². The van der Waals surface area contributed by atoms with Crippen LogP contribution in [0.5, 0.6) is 0 Å². The summed E-state index contributed by atoms with van der Waals surface area (Å²) in [4.78, 5) is 2.97. The third-order valence-electron chi connectivity index (χ3n) is 6.09. The van der Waals surface area contributed by atoms with Crippen molar-refractivity contribution in [1.29, 1.82) is 0 Å². The van der Waals surface area contributed by atoms with Crippen LogP contribution in [0.15, 0.2) is 0 Å². The predicted octanol–water partition coefficient (Wildman–Crippen LogP) is 3.55. The first-order valence-corrected chi connectivity index (χ1v) is 8.70. The molecule has 0 radical (unpaired) electrons. The Bertz CT molecular complexity index is 288. The minimum Gasteiger partial charge on any atom is -0.328 e. The van der Waals surface area contributed by atoms with Gasteiger partial charge in [0.25, 0.3) is 0 Å². The van der Waals surface area contributed by atoms with Crippen molar-refractivity contribution in [3.63, 3.8) is 0 Å². The van der Waals surface area contributed by atoms with Gasteiger partial charge in [-0.1, -0.05) is 33.1 Å². The van der Waals surface area contributed by atoms with Crippen LogP contribution in [0.2, 0.25) is 0 Å². The third-order valence-corrected chi connectivity index (χ3v) is 6.09. The van der Waals surface area contributed by atoms with E-state index in [0.717, 1.165) is 30.0 Å². The minimum atomic E-state index is 0.479. The van der Waals surface area contributed by atoms with Crippen LogP contribution in [0.3, 0.4) is 0 Å². The van der Waals surface area contributed by atoms with E-state index in [9.17, 15) is 0 Å². The van der Waals surface area contributed by atoms with E-state index in [0.29, 0.717) is 6.04 Å². The van der Waals surface area contributed by atoms with E-state index in [2.05, 4.69) is 18.7 Å². The summed E-state index contributed by atoms with van der Waals surface area (Å²) in [5, 5.41) is 0. The number of hydrogen-bond acceptors (Lipinski definition) is 2. The second-order valence-corrected chi connectivity index (χ2v) is 7.68. The maximum absolute atomic E-state index is 6.28. The lowest BCUT2D eigenvalue weighted by molar-refractivity contribution is -0.0464. The molecular formula is C17H32N2. The van der Waals surface area contributed by atoms with Gasteiger partial charge >= 0.3 is 0 Å². The van der Waals surface area contributed by atoms with Crippen molar-refractivity contribution in [2.24, 2.45) is 17.6 Å². The zero-order chi connectivity index (χ0) is 13.4. The summed E-state index contributed by atoms with van der Waals surface area (Å²) in [6.07, 6.45) is 12.6. The fraction of sp³-hybridized carbons (Fsp3) is 1.00. The van der Waals surface area contributed by atoms with Crippen molar-refractivity contribution < 1.29 is 0 Å². The minimum absolute atomic E-state index is 0.479. The van der Waals surface area contributed by atoms with Crippen LogP contribution in [-0.2, 0) is 0 Å². The number of hydrogen-bond donors (Lipinski definition) is 1. The van der Waals surface area contributed by atoms with Crippen molar-refractivity contribution >= 4 is 0 Å². The number of nitrogens with zero attached hydrogens (tertiary/aromatic N) is 1. The van der Waals surface area contributed by atoms with Crippen LogP contribution in [0, 0.1) is 11.8 Å². The highest BCUT2D eigenvalue weighted by molar-refractivity contribution is 4.99. The Hall–Kier alpha value is -0.0800. The molecule has 4 atom stereocenters. The molecule has 3 fully saturated rings. The van der Waals surface area contributed by atoms with Crippen LogP contribution >= 0.6 is 0 Å². The van der Waals surface area contributed by atoms with Crippen molar-refractivity contribution in [1.82, 2.24) is 4.90 Å². The normalized spacial score (nSPS) is 44.5. The van der Waals surface area contributed by atoms with Gasteiger partial charge in [0.1, 0.15) is 0 Å². The number of nitrogens with two attached hydrogens (primary N) is 1. The molecule has 0 spiro atoms. The monoisotopic (exact) mass is 264 g/mol.